The van der Waals surface area contributed by atoms with Gasteiger partial charge < -0.3 is 19.4 Å². The molecule has 0 spiro atoms. The van der Waals surface area contributed by atoms with Crippen LogP contribution in [0, 0.1) is 13.8 Å². The van der Waals surface area contributed by atoms with E-state index in [0.717, 1.165) is 71.0 Å². The number of carbonyl (C=O) groups excluding carboxylic acids is 1. The monoisotopic (exact) mass is 519 g/mol. The zero-order chi connectivity index (χ0) is 26.0. The molecule has 4 rings (SSSR count). The van der Waals surface area contributed by atoms with Gasteiger partial charge in [-0.15, -0.1) is 0 Å². The van der Waals surface area contributed by atoms with Crippen LogP contribution in [0.4, 0.5) is 0 Å². The molecular formula is C30H34ClN3O3. The molecule has 0 bridgehead atoms. The molecule has 194 valence electrons. The van der Waals surface area contributed by atoms with Crippen molar-refractivity contribution in [2.75, 3.05) is 19.8 Å². The highest BCUT2D eigenvalue weighted by atomic mass is 35.5. The Labute approximate surface area is 223 Å². The molecule has 0 aliphatic heterocycles. The minimum Gasteiger partial charge on any atom is -0.494 e. The van der Waals surface area contributed by atoms with Crippen LogP contribution in [0.25, 0.3) is 11.0 Å². The van der Waals surface area contributed by atoms with Crippen LogP contribution in [0.2, 0.25) is 5.02 Å². The van der Waals surface area contributed by atoms with Crippen LogP contribution in [0.1, 0.15) is 36.2 Å². The minimum atomic E-state index is -0.122. The van der Waals surface area contributed by atoms with Crippen molar-refractivity contribution < 1.29 is 14.3 Å². The predicted octanol–water partition coefficient (Wildman–Crippen LogP) is 6.29. The van der Waals surface area contributed by atoms with Crippen molar-refractivity contribution in [3.05, 3.63) is 88.7 Å². The third-order valence-corrected chi connectivity index (χ3v) is 6.80. The molecule has 0 saturated heterocycles. The topological polar surface area (TPSA) is 65.4 Å². The molecule has 0 fully saturated rings. The van der Waals surface area contributed by atoms with E-state index in [9.17, 15) is 4.79 Å². The van der Waals surface area contributed by atoms with Crippen LogP contribution in [0.3, 0.4) is 0 Å². The van der Waals surface area contributed by atoms with Gasteiger partial charge in [-0.1, -0.05) is 41.9 Å². The molecule has 1 heterocycles. The SMILES string of the molecule is Cc1cc(OCCCCn2c(CCCNC(=O)COc3ccccc3)nc3ccccc32)cc(C)c1Cl. The summed E-state index contributed by atoms with van der Waals surface area (Å²) in [5, 5.41) is 3.74. The lowest BCUT2D eigenvalue weighted by Gasteiger charge is -2.12. The number of aromatic nitrogens is 2. The largest absolute Gasteiger partial charge is 0.494 e. The number of rotatable bonds is 13. The Hall–Kier alpha value is -3.51. The van der Waals surface area contributed by atoms with E-state index >= 15 is 0 Å². The molecule has 1 amide bonds. The van der Waals surface area contributed by atoms with Gasteiger partial charge in [0.1, 0.15) is 17.3 Å². The molecular weight excluding hydrogens is 486 g/mol. The first-order valence-electron chi connectivity index (χ1n) is 12.8. The Morgan fingerprint density at radius 3 is 2.43 bits per heavy atom. The number of imidazole rings is 1. The summed E-state index contributed by atoms with van der Waals surface area (Å²) in [5.74, 6) is 2.48. The fourth-order valence-electron chi connectivity index (χ4n) is 4.31. The lowest BCUT2D eigenvalue weighted by molar-refractivity contribution is -0.123. The molecule has 0 radical (unpaired) electrons. The van der Waals surface area contributed by atoms with Gasteiger partial charge in [-0.3, -0.25) is 4.79 Å². The molecule has 0 aliphatic carbocycles. The standard InChI is InChI=1S/C30H34ClN3O3/c1-22-19-25(20-23(2)30(22)31)36-18-9-8-17-34-27-14-7-6-13-26(27)33-28(34)15-10-16-32-29(35)21-37-24-11-4-3-5-12-24/h3-7,11-14,19-20H,8-10,15-18,21H2,1-2H3,(H,32,35). The average Bonchev–Trinajstić information content (AvgIpc) is 3.26. The summed E-state index contributed by atoms with van der Waals surface area (Å²) in [6.07, 6.45) is 3.50. The molecule has 0 aliphatic rings. The third kappa shape index (κ3) is 7.49. The zero-order valence-electron chi connectivity index (χ0n) is 21.5. The first-order valence-corrected chi connectivity index (χ1v) is 13.2. The molecule has 6 nitrogen and oxygen atoms in total. The zero-order valence-corrected chi connectivity index (χ0v) is 22.3. The first kappa shape index (κ1) is 26.6. The van der Waals surface area contributed by atoms with Crippen molar-refractivity contribution in [1.29, 1.82) is 0 Å². The molecule has 4 aromatic rings. The van der Waals surface area contributed by atoms with Gasteiger partial charge in [0, 0.05) is 24.5 Å². The van der Waals surface area contributed by atoms with E-state index in [2.05, 4.69) is 16.0 Å². The fraction of sp³-hybridized carbons (Fsp3) is 0.333. The highest BCUT2D eigenvalue weighted by Gasteiger charge is 2.11. The number of carbonyl (C=O) groups is 1. The van der Waals surface area contributed by atoms with Crippen LogP contribution in [-0.4, -0.2) is 35.2 Å². The number of nitrogens with zero attached hydrogens (tertiary/aromatic N) is 2. The number of fused-ring (bicyclic) bond motifs is 1. The van der Waals surface area contributed by atoms with E-state index < -0.39 is 0 Å². The minimum absolute atomic E-state index is 0.0136. The van der Waals surface area contributed by atoms with E-state index in [0.29, 0.717) is 18.9 Å². The summed E-state index contributed by atoms with van der Waals surface area (Å²) in [6.45, 7) is 6.11. The van der Waals surface area contributed by atoms with Crippen molar-refractivity contribution in [2.24, 2.45) is 0 Å². The predicted molar refractivity (Wildman–Crippen MR) is 149 cm³/mol. The van der Waals surface area contributed by atoms with E-state index in [1.54, 1.807) is 0 Å². The summed E-state index contributed by atoms with van der Waals surface area (Å²) in [7, 11) is 0. The second kappa shape index (κ2) is 13.2. The van der Waals surface area contributed by atoms with Gasteiger partial charge in [0.2, 0.25) is 0 Å². The van der Waals surface area contributed by atoms with Gasteiger partial charge in [0.25, 0.3) is 5.91 Å². The van der Waals surface area contributed by atoms with Gasteiger partial charge in [-0.05, 0) is 80.6 Å². The molecule has 0 saturated carbocycles. The Balaban J connectivity index is 1.24. The number of nitrogens with one attached hydrogen (secondary N) is 1. The summed E-state index contributed by atoms with van der Waals surface area (Å²) >= 11 is 6.26. The van der Waals surface area contributed by atoms with Crippen molar-refractivity contribution in [2.45, 2.75) is 46.1 Å². The number of unbranched alkanes of at least 4 members (excludes halogenated alkanes) is 1. The Kier molecular flexibility index (Phi) is 9.44. The highest BCUT2D eigenvalue weighted by Crippen LogP contribution is 2.26. The maximum atomic E-state index is 12.1. The summed E-state index contributed by atoms with van der Waals surface area (Å²) in [6, 6.07) is 21.6. The van der Waals surface area contributed by atoms with Crippen LogP contribution < -0.4 is 14.8 Å². The van der Waals surface area contributed by atoms with E-state index in [-0.39, 0.29) is 12.5 Å². The van der Waals surface area contributed by atoms with Crippen molar-refractivity contribution in [1.82, 2.24) is 14.9 Å². The quantitative estimate of drug-likeness (QED) is 0.211. The molecule has 37 heavy (non-hydrogen) atoms. The van der Waals surface area contributed by atoms with E-state index in [4.69, 9.17) is 26.1 Å². The van der Waals surface area contributed by atoms with E-state index in [1.165, 1.54) is 0 Å². The van der Waals surface area contributed by atoms with Crippen LogP contribution in [-0.2, 0) is 17.8 Å². The summed E-state index contributed by atoms with van der Waals surface area (Å²) in [5.41, 5.74) is 4.21. The Morgan fingerprint density at radius 1 is 0.919 bits per heavy atom. The summed E-state index contributed by atoms with van der Waals surface area (Å²) < 4.78 is 13.8. The third-order valence-electron chi connectivity index (χ3n) is 6.20. The molecule has 0 atom stereocenters. The number of amides is 1. The summed E-state index contributed by atoms with van der Waals surface area (Å²) in [4.78, 5) is 17.0. The molecule has 7 heteroatoms. The second-order valence-corrected chi connectivity index (χ2v) is 9.53. The number of halogens is 1. The van der Waals surface area contributed by atoms with Crippen molar-refractivity contribution in [3.63, 3.8) is 0 Å². The molecule has 3 aromatic carbocycles. The van der Waals surface area contributed by atoms with Gasteiger partial charge in [0.15, 0.2) is 6.61 Å². The number of aryl methyl sites for hydroxylation is 4. The lowest BCUT2D eigenvalue weighted by Crippen LogP contribution is -2.30. The van der Waals surface area contributed by atoms with Crippen molar-refractivity contribution >= 4 is 28.5 Å². The Bertz CT molecular complexity index is 1300. The average molecular weight is 520 g/mol. The lowest BCUT2D eigenvalue weighted by atomic mass is 10.1. The number of hydrogen-bond donors (Lipinski definition) is 1. The van der Waals surface area contributed by atoms with Crippen LogP contribution in [0.15, 0.2) is 66.7 Å². The smallest absolute Gasteiger partial charge is 0.257 e. The van der Waals surface area contributed by atoms with Crippen LogP contribution >= 0.6 is 11.6 Å². The highest BCUT2D eigenvalue weighted by molar-refractivity contribution is 6.32. The fourth-order valence-corrected chi connectivity index (χ4v) is 4.42. The second-order valence-electron chi connectivity index (χ2n) is 9.15. The van der Waals surface area contributed by atoms with Gasteiger partial charge >= 0.3 is 0 Å². The van der Waals surface area contributed by atoms with Crippen LogP contribution in [0.5, 0.6) is 11.5 Å². The van der Waals surface area contributed by atoms with Crippen molar-refractivity contribution in [3.8, 4) is 11.5 Å². The van der Waals surface area contributed by atoms with Gasteiger partial charge in [-0.25, -0.2) is 4.98 Å². The molecule has 0 unspecified atom stereocenters. The number of para-hydroxylation sites is 3. The van der Waals surface area contributed by atoms with E-state index in [1.807, 2.05) is 74.5 Å². The maximum Gasteiger partial charge on any atom is 0.257 e. The van der Waals surface area contributed by atoms with Gasteiger partial charge in [0.05, 0.1) is 17.6 Å². The first-order chi connectivity index (χ1) is 18.0. The number of hydrogen-bond acceptors (Lipinski definition) is 4. The maximum absolute atomic E-state index is 12.1. The number of ether oxygens (including phenoxy) is 2. The molecule has 1 aromatic heterocycles. The normalized spacial score (nSPS) is 11.0. The Morgan fingerprint density at radius 2 is 1.65 bits per heavy atom. The molecule has 1 N–H and O–H groups in total. The van der Waals surface area contributed by atoms with Gasteiger partial charge in [-0.2, -0.15) is 0 Å². The number of benzene rings is 3.